The molecule has 0 aliphatic carbocycles. The van der Waals surface area contributed by atoms with E-state index in [1.165, 1.54) is 0 Å². The summed E-state index contributed by atoms with van der Waals surface area (Å²) in [4.78, 5) is 2.23. The quantitative estimate of drug-likeness (QED) is 0.680. The maximum absolute atomic E-state index is 10.2. The molecule has 0 saturated carbocycles. The molecule has 2 nitrogen and oxygen atoms in total. The zero-order chi connectivity index (χ0) is 9.19. The van der Waals surface area contributed by atoms with Crippen LogP contribution in [-0.2, 0) is 0 Å². The summed E-state index contributed by atoms with van der Waals surface area (Å²) < 4.78 is 0. The van der Waals surface area contributed by atoms with Gasteiger partial charge in [0.25, 0.3) is 0 Å². The van der Waals surface area contributed by atoms with Gasteiger partial charge >= 0.3 is 0 Å². The van der Waals surface area contributed by atoms with Crippen LogP contribution in [0.1, 0.15) is 33.1 Å². The number of likely N-dealkylation sites (N-methyl/N-ethyl adjacent to an activating group) is 1. The maximum atomic E-state index is 10.2. The third-order valence-electron chi connectivity index (χ3n) is 2.53. The number of hydrogen-bond donors (Lipinski definition) is 1. The Balaban J connectivity index is 2.45. The molecule has 0 amide bonds. The molecular weight excluding hydrogens is 150 g/mol. The lowest BCUT2D eigenvalue weighted by molar-refractivity contribution is -0.0378. The second-order valence-corrected chi connectivity index (χ2v) is 4.66. The highest BCUT2D eigenvalue weighted by molar-refractivity contribution is 4.86. The fraction of sp³-hybridized carbons (Fsp3) is 1.00. The van der Waals surface area contributed by atoms with Gasteiger partial charge in [-0.05, 0) is 38.8 Å². The Hall–Kier alpha value is -0.0800. The average Bonchev–Trinajstić information content (AvgIpc) is 1.82. The molecule has 0 aromatic heterocycles. The van der Waals surface area contributed by atoms with Crippen molar-refractivity contribution >= 4 is 0 Å². The number of piperidine rings is 1. The topological polar surface area (TPSA) is 23.5 Å². The van der Waals surface area contributed by atoms with E-state index in [1.54, 1.807) is 0 Å². The standard InChI is InChI=1S/C10H21NO/c1-9(2)7-10(12)5-4-6-11(3)8-10/h9,12H,4-8H2,1-3H3. The Morgan fingerprint density at radius 2 is 2.17 bits per heavy atom. The number of nitrogens with zero attached hydrogens (tertiary/aromatic N) is 1. The van der Waals surface area contributed by atoms with Crippen LogP contribution in [0.3, 0.4) is 0 Å². The van der Waals surface area contributed by atoms with Gasteiger partial charge in [0.05, 0.1) is 5.60 Å². The van der Waals surface area contributed by atoms with Crippen LogP contribution >= 0.6 is 0 Å². The highest BCUT2D eigenvalue weighted by Gasteiger charge is 2.31. The number of aliphatic hydroxyl groups is 1. The fourth-order valence-corrected chi connectivity index (χ4v) is 2.27. The Morgan fingerprint density at radius 1 is 1.50 bits per heavy atom. The van der Waals surface area contributed by atoms with Crippen LogP contribution in [0.4, 0.5) is 0 Å². The van der Waals surface area contributed by atoms with Gasteiger partial charge in [-0.15, -0.1) is 0 Å². The first-order valence-corrected chi connectivity index (χ1v) is 4.93. The summed E-state index contributed by atoms with van der Waals surface area (Å²) in [6.45, 7) is 6.34. The fourth-order valence-electron chi connectivity index (χ4n) is 2.27. The first kappa shape index (κ1) is 10.0. The minimum Gasteiger partial charge on any atom is -0.389 e. The molecule has 0 aromatic carbocycles. The second kappa shape index (κ2) is 3.75. The van der Waals surface area contributed by atoms with E-state index in [1.807, 2.05) is 0 Å². The molecule has 1 unspecified atom stereocenters. The number of β-amino-alcohol motifs (C(OH)–C–C–N with tert-alkyl or cyclic N) is 1. The molecule has 1 aliphatic heterocycles. The molecule has 0 spiro atoms. The molecule has 2 heteroatoms. The highest BCUT2D eigenvalue weighted by atomic mass is 16.3. The van der Waals surface area contributed by atoms with Gasteiger partial charge in [-0.25, -0.2) is 0 Å². The lowest BCUT2D eigenvalue weighted by Gasteiger charge is -2.38. The lowest BCUT2D eigenvalue weighted by atomic mass is 9.85. The molecule has 1 aliphatic rings. The van der Waals surface area contributed by atoms with Crippen LogP contribution in [0.5, 0.6) is 0 Å². The SMILES string of the molecule is CC(C)CC1(O)CCCN(C)C1. The van der Waals surface area contributed by atoms with Crippen LogP contribution < -0.4 is 0 Å². The highest BCUT2D eigenvalue weighted by Crippen LogP contribution is 2.26. The van der Waals surface area contributed by atoms with E-state index >= 15 is 0 Å². The Morgan fingerprint density at radius 3 is 2.67 bits per heavy atom. The van der Waals surface area contributed by atoms with E-state index in [9.17, 15) is 5.11 Å². The van der Waals surface area contributed by atoms with Crippen LogP contribution in [-0.4, -0.2) is 35.7 Å². The van der Waals surface area contributed by atoms with Gasteiger partial charge in [0.2, 0.25) is 0 Å². The second-order valence-electron chi connectivity index (χ2n) is 4.66. The number of hydrogen-bond acceptors (Lipinski definition) is 2. The molecule has 1 atom stereocenters. The zero-order valence-electron chi connectivity index (χ0n) is 8.51. The average molecular weight is 171 g/mol. The monoisotopic (exact) mass is 171 g/mol. The molecule has 0 radical (unpaired) electrons. The van der Waals surface area contributed by atoms with Crippen molar-refractivity contribution in [1.82, 2.24) is 4.90 Å². The van der Waals surface area contributed by atoms with Gasteiger partial charge in [-0.2, -0.15) is 0 Å². The molecule has 12 heavy (non-hydrogen) atoms. The minimum atomic E-state index is -0.402. The molecule has 1 rings (SSSR count). The molecule has 1 heterocycles. The molecule has 72 valence electrons. The summed E-state index contributed by atoms with van der Waals surface area (Å²) in [6, 6.07) is 0. The maximum Gasteiger partial charge on any atom is 0.0776 e. The Bertz CT molecular complexity index is 143. The third kappa shape index (κ3) is 2.76. The molecule has 1 fully saturated rings. The van der Waals surface area contributed by atoms with E-state index in [-0.39, 0.29) is 0 Å². The van der Waals surface area contributed by atoms with Crippen molar-refractivity contribution in [3.8, 4) is 0 Å². The summed E-state index contributed by atoms with van der Waals surface area (Å²) in [5.41, 5.74) is -0.402. The summed E-state index contributed by atoms with van der Waals surface area (Å²) in [5.74, 6) is 0.599. The molecule has 1 saturated heterocycles. The third-order valence-corrected chi connectivity index (χ3v) is 2.53. The largest absolute Gasteiger partial charge is 0.389 e. The van der Waals surface area contributed by atoms with Crippen LogP contribution in [0, 0.1) is 5.92 Å². The van der Waals surface area contributed by atoms with Crippen LogP contribution in [0.15, 0.2) is 0 Å². The van der Waals surface area contributed by atoms with E-state index in [0.29, 0.717) is 5.92 Å². The smallest absolute Gasteiger partial charge is 0.0776 e. The van der Waals surface area contributed by atoms with Crippen molar-refractivity contribution in [3.05, 3.63) is 0 Å². The first-order valence-electron chi connectivity index (χ1n) is 4.93. The van der Waals surface area contributed by atoms with Gasteiger partial charge in [-0.1, -0.05) is 13.8 Å². The predicted octanol–water partition coefficient (Wildman–Crippen LogP) is 1.49. The van der Waals surface area contributed by atoms with Gasteiger partial charge in [0.1, 0.15) is 0 Å². The predicted molar refractivity (Wildman–Crippen MR) is 51.1 cm³/mol. The minimum absolute atomic E-state index is 0.402. The zero-order valence-corrected chi connectivity index (χ0v) is 8.51. The summed E-state index contributed by atoms with van der Waals surface area (Å²) >= 11 is 0. The number of likely N-dealkylation sites (tertiary alicyclic amines) is 1. The first-order chi connectivity index (χ1) is 5.52. The van der Waals surface area contributed by atoms with E-state index < -0.39 is 5.60 Å². The van der Waals surface area contributed by atoms with Gasteiger partial charge < -0.3 is 10.0 Å². The molecule has 0 aromatic rings. The molecule has 1 N–H and O–H groups in total. The summed E-state index contributed by atoms with van der Waals surface area (Å²) in [7, 11) is 2.09. The van der Waals surface area contributed by atoms with Crippen molar-refractivity contribution in [1.29, 1.82) is 0 Å². The van der Waals surface area contributed by atoms with E-state index in [0.717, 1.165) is 32.4 Å². The lowest BCUT2D eigenvalue weighted by Crippen LogP contribution is -2.47. The number of rotatable bonds is 2. The van der Waals surface area contributed by atoms with Crippen molar-refractivity contribution in [2.75, 3.05) is 20.1 Å². The summed E-state index contributed by atoms with van der Waals surface area (Å²) in [6.07, 6.45) is 3.06. The van der Waals surface area contributed by atoms with Crippen molar-refractivity contribution in [2.45, 2.75) is 38.7 Å². The molecular formula is C10H21NO. The van der Waals surface area contributed by atoms with E-state index in [4.69, 9.17) is 0 Å². The van der Waals surface area contributed by atoms with Gasteiger partial charge in [0, 0.05) is 6.54 Å². The Labute approximate surface area is 75.6 Å². The van der Waals surface area contributed by atoms with Crippen molar-refractivity contribution in [2.24, 2.45) is 5.92 Å². The van der Waals surface area contributed by atoms with Crippen LogP contribution in [0.2, 0.25) is 0 Å². The normalized spacial score (nSPS) is 32.8. The van der Waals surface area contributed by atoms with Crippen LogP contribution in [0.25, 0.3) is 0 Å². The van der Waals surface area contributed by atoms with Gasteiger partial charge in [0.15, 0.2) is 0 Å². The van der Waals surface area contributed by atoms with Crippen molar-refractivity contribution in [3.63, 3.8) is 0 Å². The molecule has 0 bridgehead atoms. The van der Waals surface area contributed by atoms with Gasteiger partial charge in [-0.3, -0.25) is 0 Å². The summed E-state index contributed by atoms with van der Waals surface area (Å²) in [5, 5.41) is 10.2. The Kier molecular flexibility index (Phi) is 3.13. The van der Waals surface area contributed by atoms with E-state index in [2.05, 4.69) is 25.8 Å². The van der Waals surface area contributed by atoms with Crippen molar-refractivity contribution < 1.29 is 5.11 Å².